The Morgan fingerprint density at radius 3 is 2.57 bits per heavy atom. The zero-order chi connectivity index (χ0) is 16.0. The van der Waals surface area contributed by atoms with Gasteiger partial charge in [0.05, 0.1) is 5.92 Å². The number of hydrogen-bond donors (Lipinski definition) is 1. The molecule has 0 spiro atoms. The Morgan fingerprint density at radius 2 is 2.05 bits per heavy atom. The predicted molar refractivity (Wildman–Crippen MR) is 66.5 cm³/mol. The fraction of sp³-hybridized carbons (Fsp3) is 0.833. The number of ether oxygens (including phenoxy) is 1. The number of rotatable bonds is 9. The Bertz CT molecular complexity index is 424. The molecule has 0 aromatic carbocycles. The maximum absolute atomic E-state index is 12.6. The summed E-state index contributed by atoms with van der Waals surface area (Å²) in [6, 6.07) is 0.127. The highest BCUT2D eigenvalue weighted by atomic mass is 19.3. The van der Waals surface area contributed by atoms with Gasteiger partial charge >= 0.3 is 12.3 Å². The summed E-state index contributed by atoms with van der Waals surface area (Å²) in [4.78, 5) is 4.02. The number of hydrogen-bond acceptors (Lipinski definition) is 5. The molecule has 1 aromatic rings. The van der Waals surface area contributed by atoms with Crippen molar-refractivity contribution in [2.75, 3.05) is 13.7 Å². The normalized spacial score (nSPS) is 15.4. The van der Waals surface area contributed by atoms with E-state index in [0.717, 1.165) is 6.42 Å². The lowest BCUT2D eigenvalue weighted by atomic mass is 10.00. The molecular weight excluding hydrogens is 294 g/mol. The van der Waals surface area contributed by atoms with E-state index in [1.807, 2.05) is 13.8 Å². The van der Waals surface area contributed by atoms with Crippen molar-refractivity contribution >= 4 is 0 Å². The van der Waals surface area contributed by atoms with Crippen LogP contribution in [0, 0.1) is 0 Å². The molecule has 0 radical (unpaired) electrons. The first-order valence-corrected chi connectivity index (χ1v) is 6.55. The van der Waals surface area contributed by atoms with Crippen LogP contribution in [-0.2, 0) is 11.3 Å². The first-order chi connectivity index (χ1) is 9.81. The lowest BCUT2D eigenvalue weighted by molar-refractivity contribution is -0.168. The fourth-order valence-electron chi connectivity index (χ4n) is 1.83. The molecule has 0 amide bonds. The second-order valence-corrected chi connectivity index (χ2v) is 4.70. The Labute approximate surface area is 120 Å². The predicted octanol–water partition coefficient (Wildman–Crippen LogP) is 2.59. The summed E-state index contributed by atoms with van der Waals surface area (Å²) in [5, 5.41) is 6.67. The molecule has 2 atom stereocenters. The zero-order valence-corrected chi connectivity index (χ0v) is 12.1. The zero-order valence-electron chi connectivity index (χ0n) is 12.1. The van der Waals surface area contributed by atoms with E-state index in [0.29, 0.717) is 5.89 Å². The molecule has 9 heteroatoms. The lowest BCUT2D eigenvalue weighted by Gasteiger charge is -2.18. The minimum Gasteiger partial charge on any atom is -0.367 e. The molecule has 1 aromatic heterocycles. The van der Waals surface area contributed by atoms with Crippen LogP contribution in [0.1, 0.15) is 37.9 Å². The number of nitrogens with one attached hydrogen (secondary N) is 1. The third-order valence-electron chi connectivity index (χ3n) is 3.13. The number of halogens is 4. The summed E-state index contributed by atoms with van der Waals surface area (Å²) in [5.41, 5.74) is 0. The maximum atomic E-state index is 12.6. The summed E-state index contributed by atoms with van der Waals surface area (Å²) in [6.07, 6.45) is -2.92. The smallest absolute Gasteiger partial charge is 0.330 e. The standard InChI is InChI=1S/C12H19F4N3O2/c1-4-8(17-3)7(2)10-18-9(19-21-10)5-20-6-12(15,16)11(13)14/h7-8,11,17H,4-6H2,1-3H3. The molecule has 0 bridgehead atoms. The van der Waals surface area contributed by atoms with Gasteiger partial charge in [-0.05, 0) is 13.5 Å². The van der Waals surface area contributed by atoms with Crippen molar-refractivity contribution in [3.8, 4) is 0 Å². The van der Waals surface area contributed by atoms with E-state index in [1.165, 1.54) is 0 Å². The van der Waals surface area contributed by atoms with Crippen molar-refractivity contribution < 1.29 is 26.8 Å². The van der Waals surface area contributed by atoms with Crippen LogP contribution in [0.25, 0.3) is 0 Å². The SMILES string of the molecule is CCC(NC)C(C)c1nc(COCC(F)(F)C(F)F)no1. The summed E-state index contributed by atoms with van der Waals surface area (Å²) in [6.45, 7) is 2.07. The monoisotopic (exact) mass is 313 g/mol. The van der Waals surface area contributed by atoms with Crippen molar-refractivity contribution in [3.63, 3.8) is 0 Å². The van der Waals surface area contributed by atoms with Gasteiger partial charge in [0.1, 0.15) is 13.2 Å². The highest BCUT2D eigenvalue weighted by Gasteiger charge is 2.41. The molecule has 0 aliphatic heterocycles. The van der Waals surface area contributed by atoms with E-state index >= 15 is 0 Å². The second kappa shape index (κ2) is 7.69. The molecule has 1 heterocycles. The Kier molecular flexibility index (Phi) is 6.53. The van der Waals surface area contributed by atoms with E-state index in [4.69, 9.17) is 4.52 Å². The topological polar surface area (TPSA) is 60.2 Å². The van der Waals surface area contributed by atoms with Gasteiger partial charge in [0, 0.05) is 6.04 Å². The Morgan fingerprint density at radius 1 is 1.38 bits per heavy atom. The average Bonchev–Trinajstić information content (AvgIpc) is 2.88. The Balaban J connectivity index is 2.53. The van der Waals surface area contributed by atoms with Crippen molar-refractivity contribution in [3.05, 3.63) is 11.7 Å². The highest BCUT2D eigenvalue weighted by Crippen LogP contribution is 2.23. The third kappa shape index (κ3) is 4.92. The van der Waals surface area contributed by atoms with Gasteiger partial charge in [0.25, 0.3) is 0 Å². The van der Waals surface area contributed by atoms with Crippen molar-refractivity contribution in [2.24, 2.45) is 0 Å². The molecule has 0 saturated carbocycles. The molecular formula is C12H19F4N3O2. The number of likely N-dealkylation sites (N-methyl/N-ethyl adjacent to an activating group) is 1. The number of nitrogens with zero attached hydrogens (tertiary/aromatic N) is 2. The summed E-state index contributed by atoms with van der Waals surface area (Å²) in [5.74, 6) is -3.86. The second-order valence-electron chi connectivity index (χ2n) is 4.70. The van der Waals surface area contributed by atoms with Crippen LogP contribution in [-0.4, -0.2) is 42.2 Å². The first kappa shape index (κ1) is 17.8. The lowest BCUT2D eigenvalue weighted by Crippen LogP contribution is -2.32. The molecule has 21 heavy (non-hydrogen) atoms. The Hall–Kier alpha value is -1.22. The van der Waals surface area contributed by atoms with Gasteiger partial charge in [-0.2, -0.15) is 13.8 Å². The highest BCUT2D eigenvalue weighted by molar-refractivity contribution is 4.96. The van der Waals surface area contributed by atoms with Crippen LogP contribution in [0.2, 0.25) is 0 Å². The van der Waals surface area contributed by atoms with Crippen LogP contribution in [0.3, 0.4) is 0 Å². The molecule has 0 saturated heterocycles. The van der Waals surface area contributed by atoms with E-state index in [9.17, 15) is 17.6 Å². The molecule has 0 fully saturated rings. The minimum atomic E-state index is -4.18. The summed E-state index contributed by atoms with van der Waals surface area (Å²) < 4.78 is 58.7. The minimum absolute atomic E-state index is 0.0490. The maximum Gasteiger partial charge on any atom is 0.330 e. The third-order valence-corrected chi connectivity index (χ3v) is 3.13. The molecule has 1 rings (SSSR count). The van der Waals surface area contributed by atoms with Gasteiger partial charge in [0.2, 0.25) is 5.89 Å². The van der Waals surface area contributed by atoms with Crippen LogP contribution in [0.15, 0.2) is 4.52 Å². The molecule has 5 nitrogen and oxygen atoms in total. The van der Waals surface area contributed by atoms with Gasteiger partial charge in [0.15, 0.2) is 5.82 Å². The number of aromatic nitrogens is 2. The van der Waals surface area contributed by atoms with Gasteiger partial charge in [-0.1, -0.05) is 19.0 Å². The van der Waals surface area contributed by atoms with Gasteiger partial charge < -0.3 is 14.6 Å². The largest absolute Gasteiger partial charge is 0.367 e. The molecule has 0 aliphatic carbocycles. The molecule has 122 valence electrons. The molecule has 1 N–H and O–H groups in total. The van der Waals surface area contributed by atoms with Crippen molar-refractivity contribution in [2.45, 2.75) is 51.2 Å². The van der Waals surface area contributed by atoms with Crippen LogP contribution in [0.5, 0.6) is 0 Å². The molecule has 2 unspecified atom stereocenters. The van der Waals surface area contributed by atoms with Gasteiger partial charge in [-0.3, -0.25) is 0 Å². The average molecular weight is 313 g/mol. The van der Waals surface area contributed by atoms with E-state index in [-0.39, 0.29) is 17.8 Å². The van der Waals surface area contributed by atoms with Gasteiger partial charge in [-0.15, -0.1) is 0 Å². The van der Waals surface area contributed by atoms with E-state index in [1.54, 1.807) is 7.05 Å². The van der Waals surface area contributed by atoms with E-state index in [2.05, 4.69) is 20.2 Å². The summed E-state index contributed by atoms with van der Waals surface area (Å²) >= 11 is 0. The quantitative estimate of drug-likeness (QED) is 0.710. The fourth-order valence-corrected chi connectivity index (χ4v) is 1.83. The first-order valence-electron chi connectivity index (χ1n) is 6.55. The van der Waals surface area contributed by atoms with Crippen LogP contribution >= 0.6 is 0 Å². The molecule has 0 aliphatic rings. The van der Waals surface area contributed by atoms with Crippen LogP contribution in [0.4, 0.5) is 17.6 Å². The van der Waals surface area contributed by atoms with Crippen molar-refractivity contribution in [1.29, 1.82) is 0 Å². The van der Waals surface area contributed by atoms with Crippen LogP contribution < -0.4 is 5.32 Å². The summed E-state index contributed by atoms with van der Waals surface area (Å²) in [7, 11) is 1.80. The number of alkyl halides is 4. The van der Waals surface area contributed by atoms with Crippen molar-refractivity contribution in [1.82, 2.24) is 15.5 Å². The van der Waals surface area contributed by atoms with E-state index < -0.39 is 25.6 Å². The van der Waals surface area contributed by atoms with Gasteiger partial charge in [-0.25, -0.2) is 8.78 Å².